The third-order valence-corrected chi connectivity index (χ3v) is 5.03. The van der Waals surface area contributed by atoms with Gasteiger partial charge in [-0.1, -0.05) is 18.2 Å². The van der Waals surface area contributed by atoms with E-state index in [9.17, 15) is 13.2 Å². The third kappa shape index (κ3) is 5.07. The number of hydrogen-bond donors (Lipinski definition) is 1. The second kappa shape index (κ2) is 8.02. The Morgan fingerprint density at radius 1 is 1.19 bits per heavy atom. The van der Waals surface area contributed by atoms with E-state index in [0.29, 0.717) is 16.9 Å². The number of aryl methyl sites for hydroxylation is 2. The molecule has 2 aromatic rings. The number of nitrogens with one attached hydrogen (secondary N) is 1. The van der Waals surface area contributed by atoms with Gasteiger partial charge in [-0.15, -0.1) is 0 Å². The maximum absolute atomic E-state index is 12.2. The summed E-state index contributed by atoms with van der Waals surface area (Å²) >= 11 is 0. The molecule has 2 rings (SSSR count). The molecule has 7 heteroatoms. The van der Waals surface area contributed by atoms with E-state index in [1.54, 1.807) is 30.3 Å². The highest BCUT2D eigenvalue weighted by Crippen LogP contribution is 2.24. The Balaban J connectivity index is 2.14. The van der Waals surface area contributed by atoms with Crippen molar-refractivity contribution in [3.63, 3.8) is 0 Å². The number of nitriles is 1. The molecule has 6 nitrogen and oxygen atoms in total. The molecule has 0 fully saturated rings. The van der Waals surface area contributed by atoms with Gasteiger partial charge in [-0.05, 0) is 49.2 Å². The van der Waals surface area contributed by atoms with Gasteiger partial charge in [0.25, 0.3) is 0 Å². The minimum atomic E-state index is -3.53. The second-order valence-corrected chi connectivity index (χ2v) is 8.02. The number of nitrogens with zero attached hydrogens (tertiary/aromatic N) is 2. The van der Waals surface area contributed by atoms with Gasteiger partial charge in [0.05, 0.1) is 23.6 Å². The van der Waals surface area contributed by atoms with Gasteiger partial charge in [0, 0.05) is 18.7 Å². The predicted octanol–water partition coefficient (Wildman–Crippen LogP) is 2.97. The molecule has 136 valence electrons. The monoisotopic (exact) mass is 371 g/mol. The molecule has 0 aromatic heterocycles. The first-order valence-corrected chi connectivity index (χ1v) is 9.90. The van der Waals surface area contributed by atoms with Crippen LogP contribution in [0, 0.1) is 25.2 Å². The minimum Gasteiger partial charge on any atom is -0.326 e. The maximum Gasteiger partial charge on any atom is 0.232 e. The zero-order valence-electron chi connectivity index (χ0n) is 15.0. The number of carbonyl (C=O) groups excluding carboxylic acids is 1. The zero-order valence-corrected chi connectivity index (χ0v) is 15.8. The second-order valence-electron chi connectivity index (χ2n) is 6.12. The normalized spacial score (nSPS) is 10.8. The van der Waals surface area contributed by atoms with E-state index in [4.69, 9.17) is 5.26 Å². The van der Waals surface area contributed by atoms with E-state index < -0.39 is 10.0 Å². The Morgan fingerprint density at radius 3 is 2.58 bits per heavy atom. The topological polar surface area (TPSA) is 90.3 Å². The Hall–Kier alpha value is -2.85. The fourth-order valence-corrected chi connectivity index (χ4v) is 3.52. The molecule has 0 aliphatic heterocycles. The molecule has 0 radical (unpaired) electrons. The molecule has 0 aliphatic carbocycles. The van der Waals surface area contributed by atoms with Crippen molar-refractivity contribution < 1.29 is 13.2 Å². The molecule has 0 bridgehead atoms. The maximum atomic E-state index is 12.2. The van der Waals surface area contributed by atoms with Crippen LogP contribution in [0.4, 0.5) is 11.4 Å². The van der Waals surface area contributed by atoms with Crippen molar-refractivity contribution in [3.8, 4) is 6.07 Å². The van der Waals surface area contributed by atoms with Gasteiger partial charge in [-0.2, -0.15) is 5.26 Å². The van der Waals surface area contributed by atoms with Crippen LogP contribution in [0.3, 0.4) is 0 Å². The van der Waals surface area contributed by atoms with Crippen LogP contribution in [0.25, 0.3) is 0 Å². The number of anilines is 2. The molecular formula is C19H21N3O3S. The minimum absolute atomic E-state index is 0.00274. The van der Waals surface area contributed by atoms with Crippen molar-refractivity contribution in [2.75, 3.05) is 22.4 Å². The third-order valence-electron chi connectivity index (χ3n) is 3.85. The fraction of sp³-hybridized carbons (Fsp3) is 0.263. The van der Waals surface area contributed by atoms with Gasteiger partial charge in [-0.3, -0.25) is 9.10 Å². The fourth-order valence-electron chi connectivity index (χ4n) is 2.55. The van der Waals surface area contributed by atoms with Crippen molar-refractivity contribution in [1.82, 2.24) is 0 Å². The van der Waals surface area contributed by atoms with Crippen LogP contribution in [0.2, 0.25) is 0 Å². The van der Waals surface area contributed by atoms with Crippen molar-refractivity contribution >= 4 is 27.3 Å². The number of rotatable bonds is 6. The van der Waals surface area contributed by atoms with E-state index in [1.165, 1.54) is 4.31 Å². The molecule has 1 amide bonds. The summed E-state index contributed by atoms with van der Waals surface area (Å²) in [5.74, 6) is -0.320. The van der Waals surface area contributed by atoms with Crippen molar-refractivity contribution in [1.29, 1.82) is 5.26 Å². The van der Waals surface area contributed by atoms with Gasteiger partial charge in [0.1, 0.15) is 0 Å². The SMILES string of the molecule is Cc1ccc(C)c(N(CCC(=O)Nc2cccc(C#N)c2)S(C)(=O)=O)c1. The van der Waals surface area contributed by atoms with E-state index in [2.05, 4.69) is 5.32 Å². The molecule has 0 spiro atoms. The lowest BCUT2D eigenvalue weighted by atomic mass is 10.1. The average molecular weight is 371 g/mol. The number of amides is 1. The largest absolute Gasteiger partial charge is 0.326 e. The summed E-state index contributed by atoms with van der Waals surface area (Å²) < 4.78 is 25.7. The first-order chi connectivity index (χ1) is 12.2. The lowest BCUT2D eigenvalue weighted by Crippen LogP contribution is -2.33. The molecule has 0 saturated heterocycles. The molecule has 2 aromatic carbocycles. The Bertz CT molecular complexity index is 962. The summed E-state index contributed by atoms with van der Waals surface area (Å²) in [6.45, 7) is 3.76. The molecule has 0 unspecified atom stereocenters. The molecule has 0 aliphatic rings. The lowest BCUT2D eigenvalue weighted by Gasteiger charge is -2.24. The van der Waals surface area contributed by atoms with Crippen molar-refractivity contribution in [2.45, 2.75) is 20.3 Å². The quantitative estimate of drug-likeness (QED) is 0.845. The van der Waals surface area contributed by atoms with Crippen LogP contribution < -0.4 is 9.62 Å². The standard InChI is InChI=1S/C19H21N3O3S/c1-14-7-8-15(2)18(11-14)22(26(3,24)25)10-9-19(23)21-17-6-4-5-16(12-17)13-20/h4-8,11-12H,9-10H2,1-3H3,(H,21,23). The highest BCUT2D eigenvalue weighted by Gasteiger charge is 2.20. The first kappa shape index (κ1) is 19.5. The van der Waals surface area contributed by atoms with E-state index in [0.717, 1.165) is 17.4 Å². The first-order valence-electron chi connectivity index (χ1n) is 8.05. The molecule has 0 atom stereocenters. The molecular weight excluding hydrogens is 350 g/mol. The smallest absolute Gasteiger partial charge is 0.232 e. The molecule has 1 N–H and O–H groups in total. The molecule has 0 saturated carbocycles. The number of sulfonamides is 1. The summed E-state index contributed by atoms with van der Waals surface area (Å²) in [7, 11) is -3.53. The summed E-state index contributed by atoms with van der Waals surface area (Å²) in [6.07, 6.45) is 1.13. The number of benzene rings is 2. The van der Waals surface area contributed by atoms with Crippen LogP contribution in [0.1, 0.15) is 23.1 Å². The average Bonchev–Trinajstić information content (AvgIpc) is 2.57. The highest BCUT2D eigenvalue weighted by atomic mass is 32.2. The lowest BCUT2D eigenvalue weighted by molar-refractivity contribution is -0.116. The predicted molar refractivity (Wildman–Crippen MR) is 103 cm³/mol. The summed E-state index contributed by atoms with van der Waals surface area (Å²) in [5.41, 5.74) is 3.29. The van der Waals surface area contributed by atoms with Gasteiger partial charge < -0.3 is 5.32 Å². The van der Waals surface area contributed by atoms with E-state index in [1.807, 2.05) is 32.0 Å². The summed E-state index contributed by atoms with van der Waals surface area (Å²) in [4.78, 5) is 12.2. The van der Waals surface area contributed by atoms with Crippen LogP contribution in [0.15, 0.2) is 42.5 Å². The summed E-state index contributed by atoms with van der Waals surface area (Å²) in [6, 6.07) is 14.1. The number of carbonyl (C=O) groups is 1. The van der Waals surface area contributed by atoms with Crippen LogP contribution in [0.5, 0.6) is 0 Å². The van der Waals surface area contributed by atoms with Gasteiger partial charge in [0.2, 0.25) is 15.9 Å². The number of hydrogen-bond acceptors (Lipinski definition) is 4. The van der Waals surface area contributed by atoms with E-state index >= 15 is 0 Å². The van der Waals surface area contributed by atoms with E-state index in [-0.39, 0.29) is 18.9 Å². The van der Waals surface area contributed by atoms with Crippen LogP contribution in [-0.2, 0) is 14.8 Å². The van der Waals surface area contributed by atoms with Crippen molar-refractivity contribution in [2.24, 2.45) is 0 Å². The Kier molecular flexibility index (Phi) is 6.01. The molecule has 0 heterocycles. The zero-order chi connectivity index (χ0) is 19.3. The van der Waals surface area contributed by atoms with Crippen LogP contribution >= 0.6 is 0 Å². The molecule has 26 heavy (non-hydrogen) atoms. The van der Waals surface area contributed by atoms with Gasteiger partial charge in [-0.25, -0.2) is 8.42 Å². The van der Waals surface area contributed by atoms with Gasteiger partial charge >= 0.3 is 0 Å². The van der Waals surface area contributed by atoms with Gasteiger partial charge in [0.15, 0.2) is 0 Å². The van der Waals surface area contributed by atoms with Crippen molar-refractivity contribution in [3.05, 3.63) is 59.2 Å². The Morgan fingerprint density at radius 2 is 1.92 bits per heavy atom. The highest BCUT2D eigenvalue weighted by molar-refractivity contribution is 7.92. The Labute approximate surface area is 154 Å². The van der Waals surface area contributed by atoms with Crippen LogP contribution in [-0.4, -0.2) is 27.1 Å². The summed E-state index contributed by atoms with van der Waals surface area (Å²) in [5, 5.41) is 11.6.